The summed E-state index contributed by atoms with van der Waals surface area (Å²) < 4.78 is 5.32. The Morgan fingerprint density at radius 3 is 3.11 bits per heavy atom. The molecular formula is C15H25N3O. The van der Waals surface area contributed by atoms with Gasteiger partial charge in [-0.25, -0.2) is 0 Å². The largest absolute Gasteiger partial charge is 0.384 e. The number of aryl methyl sites for hydroxylation is 1. The molecule has 1 unspecified atom stereocenters. The molecule has 4 nitrogen and oxygen atoms in total. The summed E-state index contributed by atoms with van der Waals surface area (Å²) >= 11 is 0. The van der Waals surface area contributed by atoms with E-state index in [-0.39, 0.29) is 0 Å². The number of methoxy groups -OCH3 is 1. The van der Waals surface area contributed by atoms with Gasteiger partial charge in [0.1, 0.15) is 0 Å². The number of ether oxygens (including phenoxy) is 1. The quantitative estimate of drug-likeness (QED) is 0.881. The lowest BCUT2D eigenvalue weighted by Gasteiger charge is -2.35. The van der Waals surface area contributed by atoms with Crippen molar-refractivity contribution in [1.29, 1.82) is 0 Å². The molecule has 4 heteroatoms. The van der Waals surface area contributed by atoms with Crippen molar-refractivity contribution in [2.45, 2.75) is 26.3 Å². The molecule has 19 heavy (non-hydrogen) atoms. The van der Waals surface area contributed by atoms with E-state index >= 15 is 0 Å². The van der Waals surface area contributed by atoms with E-state index in [1.807, 2.05) is 13.2 Å². The van der Waals surface area contributed by atoms with Gasteiger partial charge in [-0.2, -0.15) is 0 Å². The summed E-state index contributed by atoms with van der Waals surface area (Å²) in [6, 6.07) is 2.21. The molecule has 0 amide bonds. The SMILES string of the molecule is CNCc1cnc(C)cc1N1CCCC(COC)C1. The van der Waals surface area contributed by atoms with Crippen molar-refractivity contribution in [2.24, 2.45) is 5.92 Å². The van der Waals surface area contributed by atoms with Crippen LogP contribution in [0.3, 0.4) is 0 Å². The number of nitrogens with zero attached hydrogens (tertiary/aromatic N) is 2. The Hall–Kier alpha value is -1.13. The Balaban J connectivity index is 2.17. The molecule has 1 aliphatic rings. The van der Waals surface area contributed by atoms with Gasteiger partial charge in [-0.3, -0.25) is 4.98 Å². The summed E-state index contributed by atoms with van der Waals surface area (Å²) in [6.45, 7) is 6.02. The number of nitrogens with one attached hydrogen (secondary N) is 1. The number of hydrogen-bond acceptors (Lipinski definition) is 4. The molecular weight excluding hydrogens is 238 g/mol. The fourth-order valence-electron chi connectivity index (χ4n) is 2.85. The Morgan fingerprint density at radius 2 is 2.37 bits per heavy atom. The second kappa shape index (κ2) is 6.87. The van der Waals surface area contributed by atoms with Crippen molar-refractivity contribution in [3.8, 4) is 0 Å². The van der Waals surface area contributed by atoms with Crippen molar-refractivity contribution >= 4 is 5.69 Å². The van der Waals surface area contributed by atoms with E-state index in [0.29, 0.717) is 5.92 Å². The molecule has 0 bridgehead atoms. The van der Waals surface area contributed by atoms with Crippen LogP contribution in [0.15, 0.2) is 12.3 Å². The summed E-state index contributed by atoms with van der Waals surface area (Å²) in [5.41, 5.74) is 3.71. The van der Waals surface area contributed by atoms with Gasteiger partial charge in [0.25, 0.3) is 0 Å². The molecule has 1 aromatic heterocycles. The number of pyridine rings is 1. The maximum atomic E-state index is 5.32. The molecule has 0 saturated carbocycles. The second-order valence-corrected chi connectivity index (χ2v) is 5.39. The zero-order valence-electron chi connectivity index (χ0n) is 12.3. The van der Waals surface area contributed by atoms with E-state index in [9.17, 15) is 0 Å². The van der Waals surface area contributed by atoms with Gasteiger partial charge in [-0.05, 0) is 38.8 Å². The molecule has 0 spiro atoms. The number of piperidine rings is 1. The lowest BCUT2D eigenvalue weighted by Crippen LogP contribution is -2.38. The molecule has 0 aromatic carbocycles. The minimum atomic E-state index is 0.648. The highest BCUT2D eigenvalue weighted by molar-refractivity contribution is 5.54. The number of hydrogen-bond donors (Lipinski definition) is 1. The van der Waals surface area contributed by atoms with E-state index in [1.54, 1.807) is 7.11 Å². The average molecular weight is 263 g/mol. The van der Waals surface area contributed by atoms with Gasteiger partial charge < -0.3 is 15.0 Å². The zero-order valence-corrected chi connectivity index (χ0v) is 12.3. The lowest BCUT2D eigenvalue weighted by atomic mass is 9.98. The van der Waals surface area contributed by atoms with Gasteiger partial charge in [0.15, 0.2) is 0 Å². The van der Waals surface area contributed by atoms with E-state index in [1.165, 1.54) is 24.1 Å². The molecule has 0 aliphatic carbocycles. The summed E-state index contributed by atoms with van der Waals surface area (Å²) in [6.07, 6.45) is 4.52. The highest BCUT2D eigenvalue weighted by Crippen LogP contribution is 2.26. The summed E-state index contributed by atoms with van der Waals surface area (Å²) in [5, 5.41) is 3.23. The smallest absolute Gasteiger partial charge is 0.0507 e. The zero-order chi connectivity index (χ0) is 13.7. The standard InChI is InChI=1S/C15H25N3O/c1-12-7-15(14(8-16-2)9-17-12)18-6-4-5-13(10-18)11-19-3/h7,9,13,16H,4-6,8,10-11H2,1-3H3. The van der Waals surface area contributed by atoms with Crippen LogP contribution in [0.4, 0.5) is 5.69 Å². The summed E-state index contributed by atoms with van der Waals surface area (Å²) in [7, 11) is 3.77. The average Bonchev–Trinajstić information content (AvgIpc) is 2.42. The Bertz CT molecular complexity index is 406. The molecule has 106 valence electrons. The summed E-state index contributed by atoms with van der Waals surface area (Å²) in [4.78, 5) is 6.91. The predicted molar refractivity (Wildman–Crippen MR) is 78.6 cm³/mol. The molecule has 0 radical (unpaired) electrons. The van der Waals surface area contributed by atoms with Crippen LogP contribution in [0.5, 0.6) is 0 Å². The van der Waals surface area contributed by atoms with Crippen molar-refractivity contribution < 1.29 is 4.74 Å². The number of rotatable bonds is 5. The van der Waals surface area contributed by atoms with Crippen LogP contribution in [0.2, 0.25) is 0 Å². The minimum absolute atomic E-state index is 0.648. The fourth-order valence-corrected chi connectivity index (χ4v) is 2.85. The van der Waals surface area contributed by atoms with Crippen LogP contribution in [0.25, 0.3) is 0 Å². The predicted octanol–water partition coefficient (Wildman–Crippen LogP) is 1.97. The molecule has 2 rings (SSSR count). The van der Waals surface area contributed by atoms with Crippen molar-refractivity contribution in [3.05, 3.63) is 23.5 Å². The fraction of sp³-hybridized carbons (Fsp3) is 0.667. The van der Waals surface area contributed by atoms with Crippen LogP contribution in [0, 0.1) is 12.8 Å². The molecule has 1 aliphatic heterocycles. The first kappa shape index (κ1) is 14.3. The summed E-state index contributed by atoms with van der Waals surface area (Å²) in [5.74, 6) is 0.648. The first-order chi connectivity index (χ1) is 9.24. The Labute approximate surface area is 116 Å². The van der Waals surface area contributed by atoms with Crippen molar-refractivity contribution in [2.75, 3.05) is 38.8 Å². The van der Waals surface area contributed by atoms with Gasteiger partial charge in [0, 0.05) is 49.9 Å². The topological polar surface area (TPSA) is 37.4 Å². The molecule has 2 heterocycles. The number of anilines is 1. The van der Waals surface area contributed by atoms with Gasteiger partial charge in [-0.1, -0.05) is 0 Å². The Kier molecular flexibility index (Phi) is 5.16. The van der Waals surface area contributed by atoms with Gasteiger partial charge >= 0.3 is 0 Å². The van der Waals surface area contributed by atoms with Crippen LogP contribution in [0.1, 0.15) is 24.1 Å². The minimum Gasteiger partial charge on any atom is -0.384 e. The molecule has 1 aromatic rings. The van der Waals surface area contributed by atoms with Crippen molar-refractivity contribution in [1.82, 2.24) is 10.3 Å². The molecule has 1 fully saturated rings. The van der Waals surface area contributed by atoms with Crippen LogP contribution >= 0.6 is 0 Å². The van der Waals surface area contributed by atoms with Crippen LogP contribution in [-0.2, 0) is 11.3 Å². The van der Waals surface area contributed by atoms with E-state index < -0.39 is 0 Å². The number of aromatic nitrogens is 1. The van der Waals surface area contributed by atoms with Gasteiger partial charge in [0.05, 0.1) is 6.61 Å². The molecule has 1 atom stereocenters. The van der Waals surface area contributed by atoms with E-state index in [4.69, 9.17) is 4.74 Å². The monoisotopic (exact) mass is 263 g/mol. The highest BCUT2D eigenvalue weighted by atomic mass is 16.5. The van der Waals surface area contributed by atoms with Crippen LogP contribution in [-0.4, -0.2) is 38.8 Å². The first-order valence-corrected chi connectivity index (χ1v) is 7.08. The van der Waals surface area contributed by atoms with Gasteiger partial charge in [0.2, 0.25) is 0 Å². The highest BCUT2D eigenvalue weighted by Gasteiger charge is 2.21. The van der Waals surface area contributed by atoms with Crippen LogP contribution < -0.4 is 10.2 Å². The maximum absolute atomic E-state index is 5.32. The third-order valence-electron chi connectivity index (χ3n) is 3.73. The molecule has 1 saturated heterocycles. The maximum Gasteiger partial charge on any atom is 0.0507 e. The normalized spacial score (nSPS) is 19.7. The molecule has 1 N–H and O–H groups in total. The lowest BCUT2D eigenvalue weighted by molar-refractivity contribution is 0.143. The Morgan fingerprint density at radius 1 is 1.53 bits per heavy atom. The first-order valence-electron chi connectivity index (χ1n) is 7.08. The van der Waals surface area contributed by atoms with E-state index in [0.717, 1.165) is 31.9 Å². The van der Waals surface area contributed by atoms with Crippen molar-refractivity contribution in [3.63, 3.8) is 0 Å². The second-order valence-electron chi connectivity index (χ2n) is 5.39. The van der Waals surface area contributed by atoms with Gasteiger partial charge in [-0.15, -0.1) is 0 Å². The third-order valence-corrected chi connectivity index (χ3v) is 3.73. The third kappa shape index (κ3) is 3.67. The van der Waals surface area contributed by atoms with E-state index in [2.05, 4.69) is 28.2 Å².